The largest absolute Gasteiger partial charge is 0.369 e. The molecule has 5 nitrogen and oxygen atoms in total. The Kier molecular flexibility index (Phi) is 6.92. The minimum atomic E-state index is -0.145. The average Bonchev–Trinajstić information content (AvgIpc) is 2.39. The first-order valence-electron chi connectivity index (χ1n) is 7.20. The van der Waals surface area contributed by atoms with Gasteiger partial charge >= 0.3 is 0 Å². The van der Waals surface area contributed by atoms with Gasteiger partial charge in [-0.05, 0) is 33.0 Å². The minimum Gasteiger partial charge on any atom is -0.369 e. The van der Waals surface area contributed by atoms with Crippen LogP contribution in [0.15, 0.2) is 12.3 Å². The number of rotatable bonds is 7. The van der Waals surface area contributed by atoms with Crippen LogP contribution in [0.2, 0.25) is 5.02 Å². The van der Waals surface area contributed by atoms with Crippen molar-refractivity contribution in [2.45, 2.75) is 26.8 Å². The van der Waals surface area contributed by atoms with Crippen molar-refractivity contribution in [3.8, 4) is 0 Å². The van der Waals surface area contributed by atoms with Gasteiger partial charge in [0.25, 0.3) is 5.91 Å². The quantitative estimate of drug-likeness (QED) is 0.812. The van der Waals surface area contributed by atoms with Crippen LogP contribution in [0.5, 0.6) is 0 Å². The summed E-state index contributed by atoms with van der Waals surface area (Å²) in [6.45, 7) is 7.67. The molecule has 0 radical (unpaired) electrons. The summed E-state index contributed by atoms with van der Waals surface area (Å²) in [7, 11) is 3.98. The molecule has 0 aliphatic heterocycles. The maximum absolute atomic E-state index is 12.3. The summed E-state index contributed by atoms with van der Waals surface area (Å²) in [6.07, 6.45) is 1.55. The number of hydrogen-bond acceptors (Lipinski definition) is 4. The number of likely N-dealkylation sites (N-methyl/N-ethyl adjacent to an activating group) is 1. The first kappa shape index (κ1) is 17.7. The Labute approximate surface area is 132 Å². The van der Waals surface area contributed by atoms with E-state index in [0.717, 1.165) is 13.1 Å². The van der Waals surface area contributed by atoms with E-state index in [9.17, 15) is 4.79 Å². The van der Waals surface area contributed by atoms with Crippen molar-refractivity contribution in [2.75, 3.05) is 32.5 Å². The maximum atomic E-state index is 12.3. The van der Waals surface area contributed by atoms with Gasteiger partial charge in [0.15, 0.2) is 0 Å². The Hall–Kier alpha value is -1.33. The van der Waals surface area contributed by atoms with Crippen LogP contribution < -0.4 is 10.6 Å². The number of nitrogens with one attached hydrogen (secondary N) is 2. The Morgan fingerprint density at radius 1 is 1.43 bits per heavy atom. The van der Waals surface area contributed by atoms with Gasteiger partial charge in [-0.3, -0.25) is 4.79 Å². The first-order chi connectivity index (χ1) is 9.85. The van der Waals surface area contributed by atoms with Crippen LogP contribution in [-0.4, -0.2) is 49.0 Å². The van der Waals surface area contributed by atoms with Crippen molar-refractivity contribution >= 4 is 23.3 Å². The van der Waals surface area contributed by atoms with E-state index in [0.29, 0.717) is 22.3 Å². The van der Waals surface area contributed by atoms with Crippen LogP contribution in [0.25, 0.3) is 0 Å². The van der Waals surface area contributed by atoms with Gasteiger partial charge in [-0.15, -0.1) is 0 Å². The molecule has 1 rings (SSSR count). The van der Waals surface area contributed by atoms with E-state index in [1.807, 2.05) is 21.0 Å². The van der Waals surface area contributed by atoms with E-state index < -0.39 is 0 Å². The van der Waals surface area contributed by atoms with Gasteiger partial charge in [0.05, 0.1) is 10.6 Å². The lowest BCUT2D eigenvalue weighted by Crippen LogP contribution is -2.45. The Morgan fingerprint density at radius 3 is 2.57 bits per heavy atom. The number of nitrogens with zero attached hydrogens (tertiary/aromatic N) is 2. The van der Waals surface area contributed by atoms with Gasteiger partial charge in [-0.2, -0.15) is 0 Å². The second kappa shape index (κ2) is 8.20. The molecule has 1 aromatic heterocycles. The molecule has 0 fully saturated rings. The van der Waals surface area contributed by atoms with Crippen LogP contribution in [0, 0.1) is 5.92 Å². The molecule has 0 spiro atoms. The van der Waals surface area contributed by atoms with E-state index in [4.69, 9.17) is 11.6 Å². The number of halogens is 1. The van der Waals surface area contributed by atoms with E-state index in [-0.39, 0.29) is 11.9 Å². The van der Waals surface area contributed by atoms with E-state index in [2.05, 4.69) is 34.4 Å². The summed E-state index contributed by atoms with van der Waals surface area (Å²) in [5, 5.41) is 6.55. The number of carbonyl (C=O) groups excluding carboxylic acids is 1. The summed E-state index contributed by atoms with van der Waals surface area (Å²) < 4.78 is 0. The van der Waals surface area contributed by atoms with Gasteiger partial charge in [0.2, 0.25) is 0 Å². The van der Waals surface area contributed by atoms with Gasteiger partial charge in [-0.1, -0.05) is 25.4 Å². The molecule has 1 atom stereocenters. The average molecular weight is 313 g/mol. The standard InChI is InChI=1S/C15H25ClN4O/c1-6-17-14-12(16)7-11(8-18-14)15(21)19-13(10(2)3)9-20(4)5/h7-8,10,13H,6,9H2,1-5H3,(H,17,18)(H,19,21). The summed E-state index contributed by atoms with van der Waals surface area (Å²) in [4.78, 5) is 18.6. The monoisotopic (exact) mass is 312 g/mol. The first-order valence-corrected chi connectivity index (χ1v) is 7.58. The van der Waals surface area contributed by atoms with E-state index >= 15 is 0 Å². The highest BCUT2D eigenvalue weighted by atomic mass is 35.5. The number of anilines is 1. The van der Waals surface area contributed by atoms with Crippen LogP contribution in [0.3, 0.4) is 0 Å². The molecule has 0 bridgehead atoms. The van der Waals surface area contributed by atoms with Crippen molar-refractivity contribution in [2.24, 2.45) is 5.92 Å². The molecule has 1 amide bonds. The minimum absolute atomic E-state index is 0.0831. The molecule has 0 saturated carbocycles. The fourth-order valence-electron chi connectivity index (χ4n) is 1.93. The number of pyridine rings is 1. The predicted molar refractivity (Wildman–Crippen MR) is 88.1 cm³/mol. The van der Waals surface area contributed by atoms with Crippen molar-refractivity contribution in [1.82, 2.24) is 15.2 Å². The third kappa shape index (κ3) is 5.52. The van der Waals surface area contributed by atoms with Gasteiger partial charge in [0, 0.05) is 25.3 Å². The molecular weight excluding hydrogens is 288 g/mol. The van der Waals surface area contributed by atoms with Gasteiger partial charge in [-0.25, -0.2) is 4.98 Å². The molecule has 1 heterocycles. The molecule has 21 heavy (non-hydrogen) atoms. The number of amides is 1. The molecule has 0 aliphatic rings. The molecule has 0 aliphatic carbocycles. The Balaban J connectivity index is 2.80. The topological polar surface area (TPSA) is 57.3 Å². The van der Waals surface area contributed by atoms with E-state index in [1.54, 1.807) is 12.3 Å². The maximum Gasteiger partial charge on any atom is 0.253 e. The SMILES string of the molecule is CCNc1ncc(C(=O)NC(CN(C)C)C(C)C)cc1Cl. The fraction of sp³-hybridized carbons (Fsp3) is 0.600. The van der Waals surface area contributed by atoms with Gasteiger partial charge < -0.3 is 15.5 Å². The zero-order valence-electron chi connectivity index (χ0n) is 13.4. The summed E-state index contributed by atoms with van der Waals surface area (Å²) in [5.74, 6) is 0.804. The number of aromatic nitrogens is 1. The molecule has 6 heteroatoms. The highest BCUT2D eigenvalue weighted by Gasteiger charge is 2.18. The van der Waals surface area contributed by atoms with Crippen molar-refractivity contribution in [3.63, 3.8) is 0 Å². The van der Waals surface area contributed by atoms with Crippen LogP contribution in [0.1, 0.15) is 31.1 Å². The molecule has 0 aromatic carbocycles. The molecule has 118 valence electrons. The van der Waals surface area contributed by atoms with Crippen molar-refractivity contribution in [1.29, 1.82) is 0 Å². The zero-order valence-corrected chi connectivity index (χ0v) is 14.2. The van der Waals surface area contributed by atoms with Crippen LogP contribution in [0.4, 0.5) is 5.82 Å². The fourth-order valence-corrected chi connectivity index (χ4v) is 2.16. The van der Waals surface area contributed by atoms with Crippen LogP contribution >= 0.6 is 11.6 Å². The lowest BCUT2D eigenvalue weighted by molar-refractivity contribution is 0.0916. The Bertz CT molecular complexity index is 477. The van der Waals surface area contributed by atoms with Crippen molar-refractivity contribution in [3.05, 3.63) is 22.8 Å². The smallest absolute Gasteiger partial charge is 0.253 e. The third-order valence-corrected chi connectivity index (χ3v) is 3.42. The Morgan fingerprint density at radius 2 is 2.10 bits per heavy atom. The zero-order chi connectivity index (χ0) is 16.0. The lowest BCUT2D eigenvalue weighted by Gasteiger charge is -2.25. The molecule has 2 N–H and O–H groups in total. The normalized spacial score (nSPS) is 12.6. The predicted octanol–water partition coefficient (Wildman–Crippen LogP) is 2.48. The summed E-state index contributed by atoms with van der Waals surface area (Å²) >= 11 is 6.12. The third-order valence-electron chi connectivity index (χ3n) is 3.13. The molecular formula is C15H25ClN4O. The molecule has 1 aromatic rings. The molecule has 0 saturated heterocycles. The van der Waals surface area contributed by atoms with Crippen LogP contribution in [-0.2, 0) is 0 Å². The summed E-state index contributed by atoms with van der Waals surface area (Å²) in [6, 6.07) is 1.73. The van der Waals surface area contributed by atoms with E-state index in [1.165, 1.54) is 0 Å². The lowest BCUT2D eigenvalue weighted by atomic mass is 10.0. The highest BCUT2D eigenvalue weighted by molar-refractivity contribution is 6.33. The number of hydrogen-bond donors (Lipinski definition) is 2. The highest BCUT2D eigenvalue weighted by Crippen LogP contribution is 2.20. The van der Waals surface area contributed by atoms with Crippen molar-refractivity contribution < 1.29 is 4.79 Å². The second-order valence-electron chi connectivity index (χ2n) is 5.67. The van der Waals surface area contributed by atoms with Gasteiger partial charge in [0.1, 0.15) is 5.82 Å². The number of carbonyl (C=O) groups is 1. The second-order valence-corrected chi connectivity index (χ2v) is 6.08. The molecule has 1 unspecified atom stereocenters. The summed E-state index contributed by atoms with van der Waals surface area (Å²) in [5.41, 5.74) is 0.478.